The Balaban J connectivity index is 3.21. The molecule has 13 heavy (non-hydrogen) atoms. The quantitative estimate of drug-likeness (QED) is 0.634. The summed E-state index contributed by atoms with van der Waals surface area (Å²) in [7, 11) is 0. The number of hydrogen-bond acceptors (Lipinski definition) is 3. The molecule has 0 aliphatic heterocycles. The molecule has 0 aliphatic carbocycles. The predicted octanol–water partition coefficient (Wildman–Crippen LogP) is 1.88. The molecule has 0 saturated heterocycles. The zero-order chi connectivity index (χ0) is 10.1. The molecule has 0 aromatic heterocycles. The van der Waals surface area contributed by atoms with Crippen LogP contribution in [0.3, 0.4) is 0 Å². The maximum atomic E-state index is 8.80. The van der Waals surface area contributed by atoms with Gasteiger partial charge in [-0.15, -0.1) is 0 Å². The van der Waals surface area contributed by atoms with Crippen LogP contribution in [0.1, 0.15) is 33.6 Å². The van der Waals surface area contributed by atoms with E-state index >= 15 is 0 Å². The monoisotopic (exact) mass is 205 g/mol. The largest absolute Gasteiger partial charge is 0.395 e. The fourth-order valence-electron chi connectivity index (χ4n) is 0.992. The van der Waals surface area contributed by atoms with Gasteiger partial charge in [0, 0.05) is 11.3 Å². The Kier molecular flexibility index (Phi) is 9.03. The molecule has 0 radical (unpaired) electrons. The summed E-state index contributed by atoms with van der Waals surface area (Å²) < 4.78 is 0. The van der Waals surface area contributed by atoms with Crippen molar-refractivity contribution in [1.82, 2.24) is 5.32 Å². The molecule has 0 rings (SSSR count). The number of thioether (sulfide) groups is 1. The van der Waals surface area contributed by atoms with Crippen molar-refractivity contribution in [3.63, 3.8) is 0 Å². The van der Waals surface area contributed by atoms with Gasteiger partial charge in [-0.3, -0.25) is 0 Å². The second kappa shape index (κ2) is 8.85. The van der Waals surface area contributed by atoms with Crippen molar-refractivity contribution in [2.75, 3.05) is 18.9 Å². The van der Waals surface area contributed by atoms with E-state index in [0.717, 1.165) is 12.3 Å². The van der Waals surface area contributed by atoms with Gasteiger partial charge in [-0.25, -0.2) is 0 Å². The second-order valence-electron chi connectivity index (χ2n) is 3.51. The number of rotatable bonds is 8. The number of nitrogens with one attached hydrogen (secondary N) is 1. The first-order valence-corrected chi connectivity index (χ1v) is 6.21. The van der Waals surface area contributed by atoms with Crippen LogP contribution in [0, 0.1) is 0 Å². The standard InChI is InChI=1S/C10H23NOS/c1-4-6-11-9(2)5-7-13-10(3)8-12/h9-12H,4-8H2,1-3H3. The van der Waals surface area contributed by atoms with E-state index in [1.165, 1.54) is 12.8 Å². The van der Waals surface area contributed by atoms with E-state index in [4.69, 9.17) is 5.11 Å². The van der Waals surface area contributed by atoms with E-state index in [1.54, 1.807) is 0 Å². The van der Waals surface area contributed by atoms with Crippen LogP contribution in [-0.4, -0.2) is 35.3 Å². The molecule has 2 N–H and O–H groups in total. The summed E-state index contributed by atoms with van der Waals surface area (Å²) in [4.78, 5) is 0. The van der Waals surface area contributed by atoms with Crippen LogP contribution in [0.25, 0.3) is 0 Å². The summed E-state index contributed by atoms with van der Waals surface area (Å²) >= 11 is 1.85. The third kappa shape index (κ3) is 8.60. The highest BCUT2D eigenvalue weighted by Crippen LogP contribution is 2.11. The van der Waals surface area contributed by atoms with Crippen LogP contribution < -0.4 is 5.32 Å². The van der Waals surface area contributed by atoms with E-state index in [1.807, 2.05) is 11.8 Å². The minimum atomic E-state index is 0.293. The molecule has 0 aromatic carbocycles. The van der Waals surface area contributed by atoms with Gasteiger partial charge in [0.05, 0.1) is 6.61 Å². The first kappa shape index (κ1) is 13.3. The Hall–Kier alpha value is 0.270. The van der Waals surface area contributed by atoms with E-state index in [9.17, 15) is 0 Å². The highest BCUT2D eigenvalue weighted by Gasteiger charge is 2.03. The molecule has 0 bridgehead atoms. The third-order valence-electron chi connectivity index (χ3n) is 1.95. The zero-order valence-corrected chi connectivity index (χ0v) is 9.86. The van der Waals surface area contributed by atoms with Crippen LogP contribution in [0.5, 0.6) is 0 Å². The Bertz CT molecular complexity index is 111. The number of aliphatic hydroxyl groups excluding tert-OH is 1. The lowest BCUT2D eigenvalue weighted by Gasteiger charge is -2.13. The maximum absolute atomic E-state index is 8.80. The van der Waals surface area contributed by atoms with Gasteiger partial charge in [0.1, 0.15) is 0 Å². The summed E-state index contributed by atoms with van der Waals surface area (Å²) in [5, 5.41) is 12.6. The highest BCUT2D eigenvalue weighted by molar-refractivity contribution is 7.99. The van der Waals surface area contributed by atoms with Gasteiger partial charge in [0.15, 0.2) is 0 Å². The number of aliphatic hydroxyl groups is 1. The van der Waals surface area contributed by atoms with E-state index in [2.05, 4.69) is 26.1 Å². The van der Waals surface area contributed by atoms with Crippen LogP contribution in [0.2, 0.25) is 0 Å². The van der Waals surface area contributed by atoms with Gasteiger partial charge in [0.2, 0.25) is 0 Å². The SMILES string of the molecule is CCCNC(C)CCSC(C)CO. The van der Waals surface area contributed by atoms with Crippen LogP contribution in [0.15, 0.2) is 0 Å². The third-order valence-corrected chi connectivity index (χ3v) is 3.14. The van der Waals surface area contributed by atoms with Gasteiger partial charge in [-0.2, -0.15) is 11.8 Å². The highest BCUT2D eigenvalue weighted by atomic mass is 32.2. The molecule has 2 atom stereocenters. The number of hydrogen-bond donors (Lipinski definition) is 2. The smallest absolute Gasteiger partial charge is 0.0547 e. The van der Waals surface area contributed by atoms with E-state index in [-0.39, 0.29) is 0 Å². The van der Waals surface area contributed by atoms with Crippen molar-refractivity contribution in [2.24, 2.45) is 0 Å². The van der Waals surface area contributed by atoms with Gasteiger partial charge < -0.3 is 10.4 Å². The zero-order valence-electron chi connectivity index (χ0n) is 9.05. The average molecular weight is 205 g/mol. The first-order chi connectivity index (χ1) is 6.20. The second-order valence-corrected chi connectivity index (χ2v) is 5.05. The van der Waals surface area contributed by atoms with Crippen LogP contribution in [-0.2, 0) is 0 Å². The van der Waals surface area contributed by atoms with Crippen molar-refractivity contribution < 1.29 is 5.11 Å². The van der Waals surface area contributed by atoms with Gasteiger partial charge in [0.25, 0.3) is 0 Å². The molecular weight excluding hydrogens is 182 g/mol. The summed E-state index contributed by atoms with van der Waals surface area (Å²) in [5.74, 6) is 1.14. The molecule has 2 unspecified atom stereocenters. The van der Waals surface area contributed by atoms with Crippen molar-refractivity contribution in [2.45, 2.75) is 44.9 Å². The van der Waals surface area contributed by atoms with Crippen molar-refractivity contribution in [3.8, 4) is 0 Å². The van der Waals surface area contributed by atoms with Crippen molar-refractivity contribution in [1.29, 1.82) is 0 Å². The molecule has 0 heterocycles. The molecule has 3 heteroatoms. The van der Waals surface area contributed by atoms with Gasteiger partial charge >= 0.3 is 0 Å². The Morgan fingerprint density at radius 2 is 2.08 bits per heavy atom. The predicted molar refractivity (Wildman–Crippen MR) is 61.4 cm³/mol. The fourth-order valence-corrected chi connectivity index (χ4v) is 1.99. The molecule has 0 aromatic rings. The fraction of sp³-hybridized carbons (Fsp3) is 1.00. The first-order valence-electron chi connectivity index (χ1n) is 5.16. The molecule has 0 fully saturated rings. The van der Waals surface area contributed by atoms with Gasteiger partial charge in [-0.05, 0) is 32.1 Å². The average Bonchev–Trinajstić information content (AvgIpc) is 2.14. The molecule has 0 spiro atoms. The minimum Gasteiger partial charge on any atom is -0.395 e. The van der Waals surface area contributed by atoms with Crippen molar-refractivity contribution >= 4 is 11.8 Å². The van der Waals surface area contributed by atoms with Crippen LogP contribution >= 0.6 is 11.8 Å². The molecule has 0 amide bonds. The Labute approximate surface area is 86.5 Å². The Morgan fingerprint density at radius 1 is 1.38 bits per heavy atom. The summed E-state index contributed by atoms with van der Waals surface area (Å²) in [5.41, 5.74) is 0. The Morgan fingerprint density at radius 3 is 2.62 bits per heavy atom. The summed E-state index contributed by atoms with van der Waals surface area (Å²) in [6.45, 7) is 7.87. The van der Waals surface area contributed by atoms with Crippen LogP contribution in [0.4, 0.5) is 0 Å². The normalized spacial score (nSPS) is 15.7. The summed E-state index contributed by atoms with van der Waals surface area (Å²) in [6, 6.07) is 0.610. The van der Waals surface area contributed by atoms with E-state index < -0.39 is 0 Å². The summed E-state index contributed by atoms with van der Waals surface area (Å²) in [6.07, 6.45) is 2.39. The maximum Gasteiger partial charge on any atom is 0.0547 e. The molecule has 0 saturated carbocycles. The molecule has 80 valence electrons. The molecule has 0 aliphatic rings. The minimum absolute atomic E-state index is 0.293. The molecular formula is C10H23NOS. The van der Waals surface area contributed by atoms with Crippen molar-refractivity contribution in [3.05, 3.63) is 0 Å². The lowest BCUT2D eigenvalue weighted by atomic mass is 10.2. The lowest BCUT2D eigenvalue weighted by molar-refractivity contribution is 0.300. The molecule has 2 nitrogen and oxygen atoms in total. The topological polar surface area (TPSA) is 32.3 Å². The van der Waals surface area contributed by atoms with Gasteiger partial charge in [-0.1, -0.05) is 13.8 Å². The lowest BCUT2D eigenvalue weighted by Crippen LogP contribution is -2.27. The van der Waals surface area contributed by atoms with E-state index in [0.29, 0.717) is 17.9 Å².